The second-order valence-corrected chi connectivity index (χ2v) is 5.64. The van der Waals surface area contributed by atoms with Crippen LogP contribution in [-0.2, 0) is 16.0 Å². The van der Waals surface area contributed by atoms with Gasteiger partial charge in [0, 0.05) is 6.54 Å². The highest BCUT2D eigenvalue weighted by molar-refractivity contribution is 5.82. The van der Waals surface area contributed by atoms with Gasteiger partial charge in [-0.2, -0.15) is 0 Å². The highest BCUT2D eigenvalue weighted by Gasteiger charge is 2.14. The fourth-order valence-corrected chi connectivity index (χ4v) is 2.08. The standard InChI is InChI=1S/C16H25N3O4/c1-10(20)12(17)4-2-3-7-19-16(23)13(18)8-11-5-6-14(21)15(22)9-11/h5-6,9,12-13,21-22H,2-4,7-8,17-18H2,1H3,(H,19,23)/t12-,13-/m0/s1. The highest BCUT2D eigenvalue weighted by Crippen LogP contribution is 2.25. The van der Waals surface area contributed by atoms with Crippen molar-refractivity contribution in [3.05, 3.63) is 23.8 Å². The van der Waals surface area contributed by atoms with E-state index in [0.717, 1.165) is 12.8 Å². The molecule has 0 aliphatic rings. The molecule has 7 N–H and O–H groups in total. The number of benzene rings is 1. The topological polar surface area (TPSA) is 139 Å². The van der Waals surface area contributed by atoms with Gasteiger partial charge < -0.3 is 27.0 Å². The maximum absolute atomic E-state index is 11.9. The Morgan fingerprint density at radius 1 is 1.13 bits per heavy atom. The number of hydrogen-bond donors (Lipinski definition) is 5. The lowest BCUT2D eigenvalue weighted by Crippen LogP contribution is -2.42. The number of phenolic OH excluding ortho intramolecular Hbond substituents is 2. The van der Waals surface area contributed by atoms with E-state index in [-0.39, 0.29) is 29.6 Å². The summed E-state index contributed by atoms with van der Waals surface area (Å²) in [7, 11) is 0. The molecule has 7 heteroatoms. The number of rotatable bonds is 9. The predicted molar refractivity (Wildman–Crippen MR) is 87.0 cm³/mol. The average Bonchev–Trinajstić information content (AvgIpc) is 2.49. The fourth-order valence-electron chi connectivity index (χ4n) is 2.08. The summed E-state index contributed by atoms with van der Waals surface area (Å²) >= 11 is 0. The van der Waals surface area contributed by atoms with Crippen molar-refractivity contribution in [3.8, 4) is 11.5 Å². The van der Waals surface area contributed by atoms with E-state index in [4.69, 9.17) is 11.5 Å². The smallest absolute Gasteiger partial charge is 0.237 e. The molecule has 0 fully saturated rings. The zero-order chi connectivity index (χ0) is 17.4. The normalized spacial score (nSPS) is 13.3. The lowest BCUT2D eigenvalue weighted by Gasteiger charge is -2.13. The van der Waals surface area contributed by atoms with Gasteiger partial charge in [0.2, 0.25) is 5.91 Å². The minimum Gasteiger partial charge on any atom is -0.504 e. The Morgan fingerprint density at radius 2 is 1.83 bits per heavy atom. The molecule has 0 unspecified atom stereocenters. The maximum Gasteiger partial charge on any atom is 0.237 e. The van der Waals surface area contributed by atoms with Gasteiger partial charge >= 0.3 is 0 Å². The quantitative estimate of drug-likeness (QED) is 0.324. The number of amides is 1. The Labute approximate surface area is 135 Å². The number of carbonyl (C=O) groups is 2. The van der Waals surface area contributed by atoms with Gasteiger partial charge in [0.15, 0.2) is 11.5 Å². The summed E-state index contributed by atoms with van der Waals surface area (Å²) < 4.78 is 0. The molecule has 0 aliphatic carbocycles. The summed E-state index contributed by atoms with van der Waals surface area (Å²) in [4.78, 5) is 22.9. The number of nitrogens with one attached hydrogen (secondary N) is 1. The van der Waals surface area contributed by atoms with E-state index in [9.17, 15) is 19.8 Å². The third-order valence-electron chi connectivity index (χ3n) is 3.60. The van der Waals surface area contributed by atoms with Gasteiger partial charge in [0.05, 0.1) is 12.1 Å². The van der Waals surface area contributed by atoms with E-state index in [1.54, 1.807) is 6.07 Å². The fraction of sp³-hybridized carbons (Fsp3) is 0.500. The number of Topliss-reactive ketones (excluding diaryl/α,β-unsaturated/α-hetero) is 1. The van der Waals surface area contributed by atoms with E-state index in [1.165, 1.54) is 19.1 Å². The number of carbonyl (C=O) groups excluding carboxylic acids is 2. The first-order valence-corrected chi connectivity index (χ1v) is 7.61. The number of phenols is 2. The average molecular weight is 323 g/mol. The van der Waals surface area contributed by atoms with E-state index in [2.05, 4.69) is 5.32 Å². The van der Waals surface area contributed by atoms with E-state index >= 15 is 0 Å². The Bertz CT molecular complexity index is 548. The van der Waals surface area contributed by atoms with Crippen LogP contribution in [0.15, 0.2) is 18.2 Å². The molecule has 0 spiro atoms. The van der Waals surface area contributed by atoms with Crippen molar-refractivity contribution in [1.82, 2.24) is 5.32 Å². The van der Waals surface area contributed by atoms with Crippen molar-refractivity contribution < 1.29 is 19.8 Å². The molecule has 0 radical (unpaired) electrons. The molecule has 0 aromatic heterocycles. The van der Waals surface area contributed by atoms with Gasteiger partial charge in [-0.3, -0.25) is 9.59 Å². The van der Waals surface area contributed by atoms with Gasteiger partial charge in [-0.05, 0) is 50.3 Å². The maximum atomic E-state index is 11.9. The second kappa shape index (κ2) is 9.12. The third-order valence-corrected chi connectivity index (χ3v) is 3.60. The number of hydrogen-bond acceptors (Lipinski definition) is 6. The molecule has 23 heavy (non-hydrogen) atoms. The molecule has 2 atom stereocenters. The van der Waals surface area contributed by atoms with Crippen LogP contribution >= 0.6 is 0 Å². The number of aromatic hydroxyl groups is 2. The van der Waals surface area contributed by atoms with Crippen LogP contribution in [-0.4, -0.2) is 40.5 Å². The lowest BCUT2D eigenvalue weighted by molar-refractivity contribution is -0.122. The molecule has 1 amide bonds. The van der Waals surface area contributed by atoms with Gasteiger partial charge in [-0.15, -0.1) is 0 Å². The molecule has 1 aromatic carbocycles. The molecular formula is C16H25N3O4. The van der Waals surface area contributed by atoms with Gasteiger partial charge in [0.25, 0.3) is 0 Å². The van der Waals surface area contributed by atoms with Crippen LogP contribution < -0.4 is 16.8 Å². The molecule has 0 saturated carbocycles. The molecule has 0 bridgehead atoms. The molecule has 0 heterocycles. The summed E-state index contributed by atoms with van der Waals surface area (Å²) in [5.74, 6) is -0.769. The lowest BCUT2D eigenvalue weighted by atomic mass is 10.0. The monoisotopic (exact) mass is 323 g/mol. The summed E-state index contributed by atoms with van der Waals surface area (Å²) in [6.45, 7) is 1.94. The zero-order valence-corrected chi connectivity index (χ0v) is 13.3. The highest BCUT2D eigenvalue weighted by atomic mass is 16.3. The Balaban J connectivity index is 2.28. The Morgan fingerprint density at radius 3 is 2.43 bits per heavy atom. The predicted octanol–water partition coefficient (Wildman–Crippen LogP) is 0.170. The molecule has 0 saturated heterocycles. The summed E-state index contributed by atoms with van der Waals surface area (Å²) in [6.07, 6.45) is 2.33. The summed E-state index contributed by atoms with van der Waals surface area (Å²) in [5, 5.41) is 21.4. The summed E-state index contributed by atoms with van der Waals surface area (Å²) in [6, 6.07) is 3.17. The summed E-state index contributed by atoms with van der Waals surface area (Å²) in [5.41, 5.74) is 12.1. The van der Waals surface area contributed by atoms with Crippen molar-refractivity contribution in [2.45, 2.75) is 44.7 Å². The Kier molecular flexibility index (Phi) is 7.50. The van der Waals surface area contributed by atoms with Crippen LogP contribution in [0.1, 0.15) is 31.7 Å². The first-order valence-electron chi connectivity index (χ1n) is 7.61. The SMILES string of the molecule is CC(=O)[C@@H](N)CCCCNC(=O)[C@@H](N)Cc1ccc(O)c(O)c1. The zero-order valence-electron chi connectivity index (χ0n) is 13.3. The van der Waals surface area contributed by atoms with E-state index < -0.39 is 12.1 Å². The van der Waals surface area contributed by atoms with Crippen molar-refractivity contribution in [2.24, 2.45) is 11.5 Å². The first kappa shape index (κ1) is 18.9. The first-order chi connectivity index (χ1) is 10.8. The minimum absolute atomic E-state index is 0.0341. The third kappa shape index (κ3) is 6.66. The van der Waals surface area contributed by atoms with Crippen LogP contribution in [0, 0.1) is 0 Å². The Hall–Kier alpha value is -2.12. The number of nitrogens with two attached hydrogens (primary N) is 2. The van der Waals surface area contributed by atoms with Gasteiger partial charge in [-0.25, -0.2) is 0 Å². The van der Waals surface area contributed by atoms with Gasteiger partial charge in [0.1, 0.15) is 5.78 Å². The molecular weight excluding hydrogens is 298 g/mol. The van der Waals surface area contributed by atoms with E-state index in [1.807, 2.05) is 0 Å². The van der Waals surface area contributed by atoms with Crippen LogP contribution in [0.5, 0.6) is 11.5 Å². The number of unbranched alkanes of at least 4 members (excludes halogenated alkanes) is 1. The minimum atomic E-state index is -0.738. The molecule has 1 aromatic rings. The van der Waals surface area contributed by atoms with Crippen LogP contribution in [0.2, 0.25) is 0 Å². The molecule has 1 rings (SSSR count). The van der Waals surface area contributed by atoms with E-state index in [0.29, 0.717) is 18.5 Å². The largest absolute Gasteiger partial charge is 0.504 e. The molecule has 7 nitrogen and oxygen atoms in total. The van der Waals surface area contributed by atoms with Crippen molar-refractivity contribution in [3.63, 3.8) is 0 Å². The second-order valence-electron chi connectivity index (χ2n) is 5.64. The molecule has 0 aliphatic heterocycles. The van der Waals surface area contributed by atoms with Crippen molar-refractivity contribution >= 4 is 11.7 Å². The van der Waals surface area contributed by atoms with Crippen molar-refractivity contribution in [1.29, 1.82) is 0 Å². The van der Waals surface area contributed by atoms with Crippen LogP contribution in [0.25, 0.3) is 0 Å². The van der Waals surface area contributed by atoms with Crippen LogP contribution in [0.4, 0.5) is 0 Å². The van der Waals surface area contributed by atoms with Crippen molar-refractivity contribution in [2.75, 3.05) is 6.54 Å². The number of ketones is 1. The van der Waals surface area contributed by atoms with Gasteiger partial charge in [-0.1, -0.05) is 6.07 Å². The molecule has 128 valence electrons. The van der Waals surface area contributed by atoms with Crippen LogP contribution in [0.3, 0.4) is 0 Å².